The smallest absolute Gasteiger partial charge is 0.312 e. The van der Waals surface area contributed by atoms with Gasteiger partial charge >= 0.3 is 11.8 Å². The summed E-state index contributed by atoms with van der Waals surface area (Å²) in [5.74, 6) is -8.57. The van der Waals surface area contributed by atoms with Gasteiger partial charge in [0.05, 0.1) is 47.8 Å². The molecule has 0 aromatic heterocycles. The first-order chi connectivity index (χ1) is 29.2. The number of aromatic hydroxyl groups is 2. The van der Waals surface area contributed by atoms with Gasteiger partial charge in [0.1, 0.15) is 23.4 Å². The van der Waals surface area contributed by atoms with Crippen molar-refractivity contribution >= 4 is 40.0 Å². The summed E-state index contributed by atoms with van der Waals surface area (Å²) in [5, 5.41) is 51.1. The van der Waals surface area contributed by atoms with Crippen LogP contribution in [0.5, 0.6) is 23.0 Å². The van der Waals surface area contributed by atoms with Gasteiger partial charge in [0.2, 0.25) is 0 Å². The van der Waals surface area contributed by atoms with Crippen LogP contribution < -0.4 is 20.1 Å². The monoisotopic (exact) mass is 870 g/mol. The minimum absolute atomic E-state index is 0.00264. The fraction of sp³-hybridized carbons (Fsp3) is 0.556. The number of carbonyl (C=O) groups is 4. The minimum Gasteiger partial charge on any atom is -0.507 e. The number of phenolic OH excluding ortho intramolecular Hbond substituents is 2. The van der Waals surface area contributed by atoms with E-state index in [1.165, 1.54) is 59.3 Å². The number of benzene rings is 2. The van der Waals surface area contributed by atoms with E-state index < -0.39 is 102 Å². The van der Waals surface area contributed by atoms with E-state index >= 15 is 0 Å². The highest BCUT2D eigenvalue weighted by Gasteiger charge is 2.49. The molecule has 17 nitrogen and oxygen atoms in total. The summed E-state index contributed by atoms with van der Waals surface area (Å²) in [4.78, 5) is 53.5. The van der Waals surface area contributed by atoms with Gasteiger partial charge in [0.25, 0.3) is 17.6 Å². The molecule has 5 rings (SSSR count). The summed E-state index contributed by atoms with van der Waals surface area (Å²) in [5.41, 5.74) is -0.135. The Morgan fingerprint density at radius 1 is 0.952 bits per heavy atom. The number of anilines is 1. The number of allylic oxidation sites excluding steroid dienone is 2. The Hall–Kier alpha value is -5.20. The highest BCUT2D eigenvalue weighted by Crippen LogP contribution is 2.54. The van der Waals surface area contributed by atoms with Crippen LogP contribution in [0.15, 0.2) is 42.2 Å². The lowest BCUT2D eigenvalue weighted by atomic mass is 9.78. The van der Waals surface area contributed by atoms with E-state index in [9.17, 15) is 39.6 Å². The van der Waals surface area contributed by atoms with Crippen LogP contribution >= 0.6 is 0 Å². The van der Waals surface area contributed by atoms with Crippen molar-refractivity contribution in [2.75, 3.05) is 38.8 Å². The number of amides is 2. The molecule has 0 saturated carbocycles. The summed E-state index contributed by atoms with van der Waals surface area (Å²) in [7, 11) is 1.43. The van der Waals surface area contributed by atoms with Crippen LogP contribution in [-0.4, -0.2) is 114 Å². The number of carbonyl (C=O) groups excluding carboxylic acids is 4. The van der Waals surface area contributed by atoms with Crippen LogP contribution in [0.25, 0.3) is 10.8 Å². The number of fused-ring (bicyclic) bond motifs is 14. The summed E-state index contributed by atoms with van der Waals surface area (Å²) in [6.07, 6.45) is 2.75. The minimum atomic E-state index is -2.05. The Bertz CT molecular complexity index is 2060. The van der Waals surface area contributed by atoms with Gasteiger partial charge in [-0.2, -0.15) is 0 Å². The largest absolute Gasteiger partial charge is 0.507 e. The van der Waals surface area contributed by atoms with E-state index in [4.69, 9.17) is 33.2 Å². The Kier molecular flexibility index (Phi) is 17.0. The molecule has 0 spiro atoms. The van der Waals surface area contributed by atoms with Crippen LogP contribution in [0, 0.1) is 30.6 Å². The predicted octanol–water partition coefficient (Wildman–Crippen LogP) is 4.94. The number of rotatable bonds is 11. The average molecular weight is 871 g/mol. The number of aliphatic hydroxyl groups is 2. The van der Waals surface area contributed by atoms with Crippen LogP contribution in [0.2, 0.25) is 0 Å². The number of ketones is 1. The van der Waals surface area contributed by atoms with E-state index in [1.54, 1.807) is 53.7 Å². The van der Waals surface area contributed by atoms with Gasteiger partial charge in [-0.05, 0) is 33.8 Å². The van der Waals surface area contributed by atoms with Crippen molar-refractivity contribution in [1.29, 1.82) is 0 Å². The van der Waals surface area contributed by atoms with Crippen molar-refractivity contribution in [3.8, 4) is 23.0 Å². The van der Waals surface area contributed by atoms with E-state index in [2.05, 4.69) is 10.6 Å². The molecule has 62 heavy (non-hydrogen) atoms. The molecule has 2 amide bonds. The first-order valence-electron chi connectivity index (χ1n) is 20.7. The SMILES string of the molecule is CCOC(CNC(=O)COc1cc2c(O)c3c(O)c(C)c4c(c13)C(=O)C(C)(O/C=C/C(OC)C(C)C(OC(C)=O)C(C)C(O)C(C)C(O)C(C)/C=C/C=C(C)C(=O)N2)O4)OCC. The number of nitrogens with one attached hydrogen (secondary N) is 2. The van der Waals surface area contributed by atoms with Gasteiger partial charge in [-0.3, -0.25) is 19.2 Å². The summed E-state index contributed by atoms with van der Waals surface area (Å²) in [6, 6.07) is 1.22. The van der Waals surface area contributed by atoms with Crippen LogP contribution in [0.4, 0.5) is 5.69 Å². The van der Waals surface area contributed by atoms with Crippen LogP contribution in [0.1, 0.15) is 78.2 Å². The Morgan fingerprint density at radius 2 is 1.61 bits per heavy atom. The molecule has 0 saturated heterocycles. The third-order valence-corrected chi connectivity index (χ3v) is 11.4. The molecule has 0 fully saturated rings. The predicted molar refractivity (Wildman–Crippen MR) is 228 cm³/mol. The van der Waals surface area contributed by atoms with Gasteiger partial charge in [0, 0.05) is 80.4 Å². The second-order valence-electron chi connectivity index (χ2n) is 15.8. The summed E-state index contributed by atoms with van der Waals surface area (Å²) >= 11 is 0. The highest BCUT2D eigenvalue weighted by atomic mass is 16.7. The number of ether oxygens (including phenoxy) is 7. The van der Waals surface area contributed by atoms with Crippen molar-refractivity contribution in [2.45, 2.75) is 106 Å². The topological polar surface area (TPSA) is 238 Å². The number of Topliss-reactive ketones (excluding diaryl/α,β-unsaturated/α-hetero) is 1. The van der Waals surface area contributed by atoms with Crippen molar-refractivity contribution in [2.24, 2.45) is 23.7 Å². The second kappa shape index (κ2) is 21.3. The molecule has 6 N–H and O–H groups in total. The lowest BCUT2D eigenvalue weighted by Gasteiger charge is -2.38. The van der Waals surface area contributed by atoms with Gasteiger partial charge in [-0.1, -0.05) is 45.9 Å². The first kappa shape index (κ1) is 49.5. The first-order valence-corrected chi connectivity index (χ1v) is 20.7. The quantitative estimate of drug-likeness (QED) is 0.0996. The molecule has 0 aliphatic carbocycles. The molecule has 0 radical (unpaired) electrons. The number of phenols is 2. The maximum atomic E-state index is 14.5. The van der Waals surface area contributed by atoms with E-state index in [0.717, 1.165) is 0 Å². The Labute approximate surface area is 362 Å². The molecule has 5 bridgehead atoms. The Morgan fingerprint density at radius 3 is 2.23 bits per heavy atom. The normalized spacial score (nSPS) is 28.2. The van der Waals surface area contributed by atoms with E-state index in [-0.39, 0.29) is 51.2 Å². The standard InChI is InChI=1S/C45H62N2O15/c1-12-57-33(58-13-2)20-46-32(49)21-59-31-19-29-40(53)35-34(31)36-42(27(8)39(35)52)62-45(10,43(36)54)60-18-17-30(56-11)24(5)41(61-28(9)48)26(7)38(51)25(6)37(50)22(3)15-14-16-23(4)44(55)47-29/h14-19,22,24-26,30,33,37-38,41,50-53H,12-13,20-21H2,1-11H3,(H,46,49)(H,47,55)/b15-14+,18-17+,23-16?. The Balaban J connectivity index is 1.89. The zero-order valence-electron chi connectivity index (χ0n) is 37.3. The average Bonchev–Trinajstić information content (AvgIpc) is 3.50. The van der Waals surface area contributed by atoms with Gasteiger partial charge in [-0.15, -0.1) is 0 Å². The van der Waals surface area contributed by atoms with E-state index in [1.807, 2.05) is 0 Å². The third kappa shape index (κ3) is 10.9. The third-order valence-electron chi connectivity index (χ3n) is 11.4. The zero-order chi connectivity index (χ0) is 46.2. The summed E-state index contributed by atoms with van der Waals surface area (Å²) < 4.78 is 40.7. The molecule has 2 aromatic carbocycles. The molecule has 3 aliphatic heterocycles. The number of hydrogen-bond acceptors (Lipinski definition) is 15. The lowest BCUT2D eigenvalue weighted by molar-refractivity contribution is -0.160. The fourth-order valence-corrected chi connectivity index (χ4v) is 7.68. The molecule has 3 aliphatic rings. The van der Waals surface area contributed by atoms with Gasteiger partial charge in [0.15, 0.2) is 18.6 Å². The molecule has 9 unspecified atom stereocenters. The summed E-state index contributed by atoms with van der Waals surface area (Å²) in [6.45, 7) is 16.1. The molecular weight excluding hydrogens is 808 g/mol. The molecule has 9 atom stereocenters. The molecule has 342 valence electrons. The fourth-order valence-electron chi connectivity index (χ4n) is 7.68. The van der Waals surface area contributed by atoms with Crippen molar-refractivity contribution in [3.05, 3.63) is 53.3 Å². The van der Waals surface area contributed by atoms with Crippen LogP contribution in [0.3, 0.4) is 0 Å². The number of esters is 1. The second-order valence-corrected chi connectivity index (χ2v) is 15.8. The number of hydrogen-bond donors (Lipinski definition) is 6. The number of aliphatic hydroxyl groups excluding tert-OH is 2. The zero-order valence-corrected chi connectivity index (χ0v) is 37.3. The van der Waals surface area contributed by atoms with E-state index in [0.29, 0.717) is 13.2 Å². The van der Waals surface area contributed by atoms with Crippen molar-refractivity contribution < 1.29 is 72.8 Å². The molecule has 2 aromatic rings. The lowest BCUT2D eigenvalue weighted by Crippen LogP contribution is -2.46. The number of methoxy groups -OCH3 is 1. The molecular formula is C45H62N2O15. The maximum Gasteiger partial charge on any atom is 0.312 e. The van der Waals surface area contributed by atoms with Gasteiger partial charge in [-0.25, -0.2) is 0 Å². The van der Waals surface area contributed by atoms with Crippen LogP contribution in [-0.2, 0) is 38.1 Å². The van der Waals surface area contributed by atoms with Crippen molar-refractivity contribution in [1.82, 2.24) is 5.32 Å². The molecule has 17 heteroatoms. The van der Waals surface area contributed by atoms with Gasteiger partial charge < -0.3 is 64.2 Å². The molecule has 3 heterocycles. The highest BCUT2D eigenvalue weighted by molar-refractivity contribution is 6.21. The maximum absolute atomic E-state index is 14.5. The van der Waals surface area contributed by atoms with Crippen molar-refractivity contribution in [3.63, 3.8) is 0 Å².